The zero-order valence-electron chi connectivity index (χ0n) is 15.3. The van der Waals surface area contributed by atoms with Crippen molar-refractivity contribution in [3.05, 3.63) is 71.9 Å². The summed E-state index contributed by atoms with van der Waals surface area (Å²) in [5.74, 6) is -0.302. The Kier molecular flexibility index (Phi) is 6.41. The van der Waals surface area contributed by atoms with Gasteiger partial charge in [0, 0.05) is 24.2 Å². The lowest BCUT2D eigenvalue weighted by Crippen LogP contribution is -2.30. The van der Waals surface area contributed by atoms with Crippen molar-refractivity contribution in [2.45, 2.75) is 12.8 Å². The average molecular weight is 378 g/mol. The third-order valence-corrected chi connectivity index (χ3v) is 4.20. The van der Waals surface area contributed by atoms with Crippen LogP contribution in [0.2, 0.25) is 0 Å². The van der Waals surface area contributed by atoms with Gasteiger partial charge < -0.3 is 15.7 Å². The number of hydrogen-bond donors (Lipinski definition) is 4. The topological polar surface area (TPSA) is 107 Å². The molecular weight excluding hydrogens is 356 g/mol. The van der Waals surface area contributed by atoms with Crippen LogP contribution in [0.5, 0.6) is 5.75 Å². The second kappa shape index (κ2) is 9.36. The molecule has 0 atom stereocenters. The van der Waals surface area contributed by atoms with Crippen LogP contribution in [0.4, 0.5) is 0 Å². The Morgan fingerprint density at radius 1 is 0.964 bits per heavy atom. The Morgan fingerprint density at radius 2 is 1.68 bits per heavy atom. The second-order valence-electron chi connectivity index (χ2n) is 6.30. The van der Waals surface area contributed by atoms with E-state index in [2.05, 4.69) is 20.8 Å². The maximum atomic E-state index is 12.2. The largest absolute Gasteiger partial charge is 0.508 e. The monoisotopic (exact) mass is 378 g/mol. The zero-order valence-corrected chi connectivity index (χ0v) is 15.3. The summed E-state index contributed by atoms with van der Waals surface area (Å²) < 4.78 is 0. The summed E-state index contributed by atoms with van der Waals surface area (Å²) >= 11 is 0. The van der Waals surface area contributed by atoms with Crippen LogP contribution in [0.25, 0.3) is 11.3 Å². The highest BCUT2D eigenvalue weighted by molar-refractivity contribution is 5.93. The van der Waals surface area contributed by atoms with E-state index in [1.54, 1.807) is 30.3 Å². The van der Waals surface area contributed by atoms with Crippen LogP contribution in [-0.2, 0) is 11.2 Å². The van der Waals surface area contributed by atoms with E-state index in [0.29, 0.717) is 36.5 Å². The van der Waals surface area contributed by atoms with E-state index >= 15 is 0 Å². The summed E-state index contributed by atoms with van der Waals surface area (Å²) in [5.41, 5.74) is 2.62. The molecule has 3 rings (SSSR count). The van der Waals surface area contributed by atoms with Gasteiger partial charge in [-0.3, -0.25) is 14.7 Å². The molecular formula is C21H22N4O3. The number of rotatable bonds is 8. The highest BCUT2D eigenvalue weighted by Crippen LogP contribution is 2.17. The number of amides is 2. The molecule has 4 N–H and O–H groups in total. The Morgan fingerprint density at radius 3 is 2.46 bits per heavy atom. The third kappa shape index (κ3) is 5.20. The molecule has 144 valence electrons. The number of nitrogens with one attached hydrogen (secondary N) is 3. The van der Waals surface area contributed by atoms with E-state index in [1.807, 2.05) is 30.3 Å². The first-order valence-corrected chi connectivity index (χ1v) is 9.06. The van der Waals surface area contributed by atoms with Gasteiger partial charge in [-0.05, 0) is 18.6 Å². The summed E-state index contributed by atoms with van der Waals surface area (Å²) in [6, 6.07) is 18.1. The summed E-state index contributed by atoms with van der Waals surface area (Å²) in [4.78, 5) is 24.1. The zero-order chi connectivity index (χ0) is 19.8. The number of para-hydroxylation sites is 1. The molecule has 2 aromatic carbocycles. The Balaban J connectivity index is 1.37. The molecule has 7 heteroatoms. The smallest absolute Gasteiger partial charge is 0.269 e. The van der Waals surface area contributed by atoms with Crippen molar-refractivity contribution in [2.75, 3.05) is 13.1 Å². The van der Waals surface area contributed by atoms with Crippen molar-refractivity contribution >= 4 is 11.8 Å². The fourth-order valence-corrected chi connectivity index (χ4v) is 2.70. The molecule has 0 saturated heterocycles. The normalized spacial score (nSPS) is 10.4. The molecule has 0 bridgehead atoms. The van der Waals surface area contributed by atoms with E-state index < -0.39 is 0 Å². The van der Waals surface area contributed by atoms with Crippen molar-refractivity contribution in [3.63, 3.8) is 0 Å². The molecule has 0 radical (unpaired) electrons. The fourth-order valence-electron chi connectivity index (χ4n) is 2.70. The van der Waals surface area contributed by atoms with Gasteiger partial charge in [0.1, 0.15) is 11.4 Å². The molecule has 2 amide bonds. The third-order valence-electron chi connectivity index (χ3n) is 4.20. The molecule has 0 aliphatic heterocycles. The van der Waals surface area contributed by atoms with Crippen molar-refractivity contribution in [1.29, 1.82) is 0 Å². The maximum Gasteiger partial charge on any atom is 0.269 e. The van der Waals surface area contributed by atoms with E-state index in [9.17, 15) is 14.7 Å². The minimum absolute atomic E-state index is 0.111. The Bertz CT molecular complexity index is 938. The minimum Gasteiger partial charge on any atom is -0.508 e. The van der Waals surface area contributed by atoms with Crippen LogP contribution in [0.15, 0.2) is 60.7 Å². The SMILES string of the molecule is O=C(Cc1ccccc1O)NCCCNC(=O)c1cc(-c2ccccc2)n[nH]1. The summed E-state index contributed by atoms with van der Waals surface area (Å²) in [6.07, 6.45) is 0.716. The van der Waals surface area contributed by atoms with Crippen LogP contribution >= 0.6 is 0 Å². The lowest BCUT2D eigenvalue weighted by molar-refractivity contribution is -0.120. The maximum absolute atomic E-state index is 12.2. The van der Waals surface area contributed by atoms with Gasteiger partial charge >= 0.3 is 0 Å². The van der Waals surface area contributed by atoms with Crippen molar-refractivity contribution in [3.8, 4) is 17.0 Å². The van der Waals surface area contributed by atoms with E-state index in [-0.39, 0.29) is 24.0 Å². The van der Waals surface area contributed by atoms with Crippen molar-refractivity contribution in [2.24, 2.45) is 0 Å². The molecule has 0 aliphatic rings. The van der Waals surface area contributed by atoms with Gasteiger partial charge in [-0.25, -0.2) is 0 Å². The van der Waals surface area contributed by atoms with Crippen LogP contribution < -0.4 is 10.6 Å². The van der Waals surface area contributed by atoms with Gasteiger partial charge in [-0.15, -0.1) is 0 Å². The molecule has 3 aromatic rings. The molecule has 0 unspecified atom stereocenters. The number of carbonyl (C=O) groups is 2. The van der Waals surface area contributed by atoms with Crippen LogP contribution in [-0.4, -0.2) is 40.2 Å². The molecule has 7 nitrogen and oxygen atoms in total. The highest BCUT2D eigenvalue weighted by Gasteiger charge is 2.10. The van der Waals surface area contributed by atoms with Crippen molar-refractivity contribution in [1.82, 2.24) is 20.8 Å². The molecule has 28 heavy (non-hydrogen) atoms. The number of phenols is 1. The van der Waals surface area contributed by atoms with Crippen LogP contribution in [0, 0.1) is 0 Å². The number of phenolic OH excluding ortho intramolecular Hbond substituents is 1. The lowest BCUT2D eigenvalue weighted by atomic mass is 10.1. The van der Waals surface area contributed by atoms with Gasteiger partial charge in [-0.1, -0.05) is 48.5 Å². The van der Waals surface area contributed by atoms with Crippen LogP contribution in [0.1, 0.15) is 22.5 Å². The summed E-state index contributed by atoms with van der Waals surface area (Å²) in [6.45, 7) is 0.861. The standard InChI is InChI=1S/C21H22N4O3/c26-19-10-5-4-9-16(19)13-20(27)22-11-6-12-23-21(28)18-14-17(24-25-18)15-7-2-1-3-8-15/h1-5,7-10,14,26H,6,11-13H2,(H,22,27)(H,23,28)(H,24,25). The number of hydrogen-bond acceptors (Lipinski definition) is 4. The van der Waals surface area contributed by atoms with E-state index in [1.165, 1.54) is 0 Å². The molecule has 1 heterocycles. The predicted molar refractivity (Wildman–Crippen MR) is 106 cm³/mol. The van der Waals surface area contributed by atoms with Crippen LogP contribution in [0.3, 0.4) is 0 Å². The first-order chi connectivity index (χ1) is 13.6. The summed E-state index contributed by atoms with van der Waals surface area (Å²) in [7, 11) is 0. The van der Waals surface area contributed by atoms with Gasteiger partial charge in [0.15, 0.2) is 0 Å². The first-order valence-electron chi connectivity index (χ1n) is 9.06. The van der Waals surface area contributed by atoms with Gasteiger partial charge in [0.25, 0.3) is 5.91 Å². The number of carbonyl (C=O) groups excluding carboxylic acids is 2. The molecule has 0 fully saturated rings. The molecule has 0 aliphatic carbocycles. The number of nitrogens with zero attached hydrogens (tertiary/aromatic N) is 1. The number of benzene rings is 2. The van der Waals surface area contributed by atoms with Gasteiger partial charge in [0.2, 0.25) is 5.91 Å². The molecule has 0 spiro atoms. The van der Waals surface area contributed by atoms with E-state index in [4.69, 9.17) is 0 Å². The first kappa shape index (κ1) is 19.2. The van der Waals surface area contributed by atoms with Crippen molar-refractivity contribution < 1.29 is 14.7 Å². The quantitative estimate of drug-likeness (QED) is 0.451. The number of aromatic amines is 1. The molecule has 1 aromatic heterocycles. The number of H-pyrrole nitrogens is 1. The fraction of sp³-hybridized carbons (Fsp3) is 0.190. The Hall–Kier alpha value is -3.61. The predicted octanol–water partition coefficient (Wildman–Crippen LogP) is 2.26. The number of aromatic hydroxyl groups is 1. The van der Waals surface area contributed by atoms with Gasteiger partial charge in [-0.2, -0.15) is 5.10 Å². The number of aromatic nitrogens is 2. The molecule has 0 saturated carbocycles. The average Bonchev–Trinajstić information content (AvgIpc) is 3.20. The Labute approximate surface area is 162 Å². The lowest BCUT2D eigenvalue weighted by Gasteiger charge is -2.07. The summed E-state index contributed by atoms with van der Waals surface area (Å²) in [5, 5.41) is 22.1. The second-order valence-corrected chi connectivity index (χ2v) is 6.30. The minimum atomic E-state index is -0.241. The van der Waals surface area contributed by atoms with Gasteiger partial charge in [0.05, 0.1) is 12.1 Å². The highest BCUT2D eigenvalue weighted by atomic mass is 16.3. The van der Waals surface area contributed by atoms with E-state index in [0.717, 1.165) is 5.56 Å².